The molecule has 4 bridgehead atoms. The Morgan fingerprint density at radius 1 is 0.297 bits per heavy atom. The Morgan fingerprint density at radius 3 is 0.851 bits per heavy atom. The number of fused-ring (bicyclic) bond motifs is 3. The number of unbranched alkanes of at least 4 members (excludes halogenated alkanes) is 45. The topological polar surface area (TPSA) is 166 Å². The van der Waals surface area contributed by atoms with Gasteiger partial charge < -0.3 is 25.5 Å². The van der Waals surface area contributed by atoms with Crippen LogP contribution in [0.25, 0.3) is 0 Å². The van der Waals surface area contributed by atoms with E-state index in [9.17, 15) is 25.5 Å². The van der Waals surface area contributed by atoms with Crippen molar-refractivity contribution < 1.29 is 57.7 Å². The maximum atomic E-state index is 13.5. The average molecular weight is 1090 g/mol. The van der Waals surface area contributed by atoms with Crippen LogP contribution in [0, 0.1) is 0 Å². The molecule has 0 aromatic rings. The molecule has 5 N–H and O–H groups in total. The number of rotatable bonds is 52. The molecule has 5 saturated heterocycles. The van der Waals surface area contributed by atoms with Gasteiger partial charge in [0.25, 0.3) is 11.6 Å². The molecular formula is C60H116O12P2. The Labute approximate surface area is 455 Å². The molecule has 0 spiro atoms. The lowest BCUT2D eigenvalue weighted by Crippen LogP contribution is -2.84. The van der Waals surface area contributed by atoms with Crippen molar-refractivity contribution in [2.75, 3.05) is 0 Å². The Hall–Kier alpha value is 0.380. The summed E-state index contributed by atoms with van der Waals surface area (Å²) in [4.78, 5) is 6.34. The summed E-state index contributed by atoms with van der Waals surface area (Å²) in [5.74, 6) is -12.2. The Kier molecular flexibility index (Phi) is 34.5. The van der Waals surface area contributed by atoms with E-state index in [1.54, 1.807) is 0 Å². The minimum Gasteiger partial charge on any atom is -0.387 e. The predicted octanol–water partition coefficient (Wildman–Crippen LogP) is 18.7. The van der Waals surface area contributed by atoms with Gasteiger partial charge in [-0.05, 0) is 19.3 Å². The van der Waals surface area contributed by atoms with Gasteiger partial charge in [0.2, 0.25) is 0 Å². The van der Waals surface area contributed by atoms with E-state index in [0.29, 0.717) is 19.3 Å². The Balaban J connectivity index is 1.35. The summed E-state index contributed by atoms with van der Waals surface area (Å²) in [6.07, 6.45) is 58.4. The molecule has 5 atom stereocenters. The zero-order valence-corrected chi connectivity index (χ0v) is 49.8. The molecule has 0 aromatic heterocycles. The van der Waals surface area contributed by atoms with E-state index >= 15 is 0 Å². The molecule has 5 aliphatic heterocycles. The second-order valence-electron chi connectivity index (χ2n) is 23.6. The first-order valence-corrected chi connectivity index (χ1v) is 34.2. The summed E-state index contributed by atoms with van der Waals surface area (Å²) < 4.78 is 34.1. The molecule has 0 radical (unpaired) electrons. The average Bonchev–Trinajstić information content (AvgIpc) is 3.81. The lowest BCUT2D eigenvalue weighted by Gasteiger charge is -2.57. The fourth-order valence-corrected chi connectivity index (χ4v) is 14.6. The highest BCUT2D eigenvalue weighted by molar-refractivity contribution is 7.43. The summed E-state index contributed by atoms with van der Waals surface area (Å²) in [6, 6.07) is 0. The Bertz CT molecular complexity index is 1340. The van der Waals surface area contributed by atoms with E-state index in [-0.39, 0.29) is 19.3 Å². The summed E-state index contributed by atoms with van der Waals surface area (Å²) in [5.41, 5.74) is -4.04. The number of hydrogen-bond donors (Lipinski definition) is 5. The Morgan fingerprint density at radius 2 is 0.554 bits per heavy atom. The SMILES string of the molecule is CCCCCCCCCCCCCCCCCCC(O)(CCCCCCCCCCCCCCCCCC)[C@@]1(CCCCCCCCCCCCCCCCCC)OOP2OC(O)(O2)[C@@]2(O)OP3O[C@@]1(O)[C@@]2(O)O3. The summed E-state index contributed by atoms with van der Waals surface area (Å²) in [5, 5.41) is 62.3. The summed E-state index contributed by atoms with van der Waals surface area (Å²) in [6.45, 7) is 6.81. The van der Waals surface area contributed by atoms with E-state index in [1.165, 1.54) is 225 Å². The van der Waals surface area contributed by atoms with Gasteiger partial charge in [-0.15, -0.1) is 0 Å². The maximum Gasteiger partial charge on any atom is 0.372 e. The van der Waals surface area contributed by atoms with Gasteiger partial charge >= 0.3 is 29.0 Å². The number of aliphatic hydroxyl groups is 5. The van der Waals surface area contributed by atoms with Gasteiger partial charge in [-0.2, -0.15) is 4.67 Å². The summed E-state index contributed by atoms with van der Waals surface area (Å²) >= 11 is 0. The first kappa shape index (κ1) is 66.9. The first-order chi connectivity index (χ1) is 36.0. The van der Waals surface area contributed by atoms with Gasteiger partial charge in [0.15, 0.2) is 5.60 Å². The molecule has 5 heterocycles. The molecule has 0 aromatic carbocycles. The fraction of sp³-hybridized carbons (Fsp3) is 1.00. The molecule has 5 rings (SSSR count). The lowest BCUT2D eigenvalue weighted by molar-refractivity contribution is -0.528. The fourth-order valence-electron chi connectivity index (χ4n) is 12.2. The van der Waals surface area contributed by atoms with E-state index in [0.717, 1.165) is 64.2 Å². The van der Waals surface area contributed by atoms with E-state index in [1.807, 2.05) is 0 Å². The molecule has 0 amide bonds. The zero-order chi connectivity index (χ0) is 53.2. The second-order valence-corrected chi connectivity index (χ2v) is 25.6. The van der Waals surface area contributed by atoms with Gasteiger partial charge in [-0.1, -0.05) is 329 Å². The molecule has 12 nitrogen and oxygen atoms in total. The molecule has 5 fully saturated rings. The smallest absolute Gasteiger partial charge is 0.372 e. The van der Waals surface area contributed by atoms with Crippen LogP contribution in [0.2, 0.25) is 0 Å². The van der Waals surface area contributed by atoms with Crippen molar-refractivity contribution in [3.63, 3.8) is 0 Å². The highest BCUT2D eigenvalue weighted by Gasteiger charge is 2.94. The molecule has 0 aliphatic carbocycles. The highest BCUT2D eigenvalue weighted by atomic mass is 31.2. The van der Waals surface area contributed by atoms with Crippen LogP contribution < -0.4 is 0 Å². The first-order valence-electron chi connectivity index (χ1n) is 32.0. The quantitative estimate of drug-likeness (QED) is 0.0223. The monoisotopic (exact) mass is 1090 g/mol. The molecule has 0 saturated carbocycles. The van der Waals surface area contributed by atoms with Crippen molar-refractivity contribution in [1.82, 2.24) is 0 Å². The normalized spacial score (nSPS) is 27.4. The van der Waals surface area contributed by atoms with Crippen molar-refractivity contribution >= 4 is 17.2 Å². The molecule has 74 heavy (non-hydrogen) atoms. The van der Waals surface area contributed by atoms with Crippen LogP contribution in [-0.2, 0) is 32.2 Å². The molecule has 438 valence electrons. The summed E-state index contributed by atoms with van der Waals surface area (Å²) in [7, 11) is -5.07. The number of hydrogen-bond acceptors (Lipinski definition) is 12. The van der Waals surface area contributed by atoms with Gasteiger partial charge in [0.05, 0.1) is 0 Å². The van der Waals surface area contributed by atoms with Gasteiger partial charge in [-0.25, -0.2) is 13.9 Å². The van der Waals surface area contributed by atoms with Crippen molar-refractivity contribution in [2.24, 2.45) is 0 Å². The third-order valence-corrected chi connectivity index (χ3v) is 19.4. The molecule has 1 unspecified atom stereocenters. The molecular weight excluding hydrogens is 975 g/mol. The van der Waals surface area contributed by atoms with E-state index in [4.69, 9.17) is 32.2 Å². The van der Waals surface area contributed by atoms with Crippen LogP contribution >= 0.6 is 17.2 Å². The lowest BCUT2D eigenvalue weighted by atomic mass is 9.65. The van der Waals surface area contributed by atoms with E-state index in [2.05, 4.69) is 20.8 Å². The van der Waals surface area contributed by atoms with Crippen LogP contribution in [-0.4, -0.2) is 60.1 Å². The van der Waals surface area contributed by atoms with Crippen molar-refractivity contribution in [3.05, 3.63) is 0 Å². The highest BCUT2D eigenvalue weighted by Crippen LogP contribution is 2.79. The minimum absolute atomic E-state index is 0.00266. The van der Waals surface area contributed by atoms with Crippen LogP contribution in [0.3, 0.4) is 0 Å². The van der Waals surface area contributed by atoms with Gasteiger partial charge in [-0.3, -0.25) is 13.6 Å². The zero-order valence-electron chi connectivity index (χ0n) is 48.1. The van der Waals surface area contributed by atoms with Gasteiger partial charge in [0, 0.05) is 0 Å². The molecule has 5 aliphatic rings. The second kappa shape index (κ2) is 38.2. The largest absolute Gasteiger partial charge is 0.387 e. The minimum atomic E-state index is -3.18. The van der Waals surface area contributed by atoms with Crippen molar-refractivity contribution in [3.8, 4) is 0 Å². The van der Waals surface area contributed by atoms with E-state index < -0.39 is 51.7 Å². The van der Waals surface area contributed by atoms with Crippen LogP contribution in [0.15, 0.2) is 0 Å². The van der Waals surface area contributed by atoms with Crippen LogP contribution in [0.5, 0.6) is 0 Å². The third-order valence-electron chi connectivity index (χ3n) is 17.2. The third kappa shape index (κ3) is 20.7. The predicted molar refractivity (Wildman–Crippen MR) is 301 cm³/mol. The van der Waals surface area contributed by atoms with Crippen molar-refractivity contribution in [1.29, 1.82) is 0 Å². The standard InChI is InChI=1S/C60H116O12P2/c1-4-7-10-13-16-19-22-25-28-31-34-37-40-43-46-49-52-55(61,53-50-47-44-41-38-35-32-29-26-23-20-17-14-11-8-5-2)56(54-51-48-45-42-39-36-33-30-27-24-21-18-15-12-9-6-3)57(62)58(63)59(64,69-73(67-57)68-58)60(65)70-74(71-60)72-66-56/h61-65H,4-54H2,1-3H3/t56-,57-,58-,59+,60?,73?,74?/m1/s1. The van der Waals surface area contributed by atoms with Crippen molar-refractivity contribution in [2.45, 2.75) is 383 Å². The van der Waals surface area contributed by atoms with Gasteiger partial charge in [0.1, 0.15) is 5.60 Å². The maximum absolute atomic E-state index is 13.5. The van der Waals surface area contributed by atoms with Crippen LogP contribution in [0.1, 0.15) is 348 Å². The molecule has 14 heteroatoms. The van der Waals surface area contributed by atoms with Crippen LogP contribution in [0.4, 0.5) is 0 Å².